The highest BCUT2D eigenvalue weighted by molar-refractivity contribution is 5.80. The van der Waals surface area contributed by atoms with Crippen LogP contribution < -0.4 is 0 Å². The predicted molar refractivity (Wildman–Crippen MR) is 39.0 cm³/mol. The minimum Gasteiger partial charge on any atom is -0.462 e. The molecule has 0 aromatic rings. The number of hydrogen-bond acceptors (Lipinski definition) is 3. The van der Waals surface area contributed by atoms with Crippen LogP contribution in [0.1, 0.15) is 32.6 Å². The molecule has 11 heavy (non-hydrogen) atoms. The van der Waals surface area contributed by atoms with Gasteiger partial charge in [0, 0.05) is 19.8 Å². The first-order chi connectivity index (χ1) is 5.18. The second kappa shape index (κ2) is 3.51. The summed E-state index contributed by atoms with van der Waals surface area (Å²) in [6, 6.07) is 0. The minimum absolute atomic E-state index is 0.145. The first kappa shape index (κ1) is 8.24. The van der Waals surface area contributed by atoms with Crippen molar-refractivity contribution < 1.29 is 14.3 Å². The largest absolute Gasteiger partial charge is 0.462 e. The zero-order valence-corrected chi connectivity index (χ0v) is 6.63. The molecule has 0 aromatic heterocycles. The van der Waals surface area contributed by atoms with Crippen molar-refractivity contribution in [3.05, 3.63) is 0 Å². The zero-order valence-electron chi connectivity index (χ0n) is 6.63. The maximum absolute atomic E-state index is 10.9. The van der Waals surface area contributed by atoms with Gasteiger partial charge >= 0.3 is 5.97 Å². The molecule has 1 aliphatic carbocycles. The van der Waals surface area contributed by atoms with E-state index >= 15 is 0 Å². The van der Waals surface area contributed by atoms with E-state index in [1.54, 1.807) is 0 Å². The molecule has 0 heterocycles. The van der Waals surface area contributed by atoms with E-state index in [0.29, 0.717) is 12.8 Å². The monoisotopic (exact) mass is 156 g/mol. The molecule has 0 aromatic carbocycles. The fraction of sp³-hybridized carbons (Fsp3) is 0.750. The highest BCUT2D eigenvalue weighted by atomic mass is 16.5. The van der Waals surface area contributed by atoms with Gasteiger partial charge in [0.15, 0.2) is 0 Å². The van der Waals surface area contributed by atoms with Crippen molar-refractivity contribution in [2.45, 2.75) is 38.7 Å². The van der Waals surface area contributed by atoms with Gasteiger partial charge < -0.3 is 4.74 Å². The number of rotatable bonds is 1. The number of carbonyl (C=O) groups excluding carboxylic acids is 2. The molecule has 1 fully saturated rings. The molecule has 1 atom stereocenters. The van der Waals surface area contributed by atoms with Gasteiger partial charge in [0.1, 0.15) is 11.9 Å². The molecule has 0 bridgehead atoms. The average molecular weight is 156 g/mol. The minimum atomic E-state index is -0.287. The van der Waals surface area contributed by atoms with Crippen LogP contribution >= 0.6 is 0 Å². The second-order valence-electron chi connectivity index (χ2n) is 2.87. The summed E-state index contributed by atoms with van der Waals surface area (Å²) in [5.74, 6) is -0.0767. The molecule has 3 heteroatoms. The molecular weight excluding hydrogens is 144 g/mol. The Morgan fingerprint density at radius 2 is 2.36 bits per heavy atom. The topological polar surface area (TPSA) is 43.4 Å². The van der Waals surface area contributed by atoms with E-state index in [9.17, 15) is 9.59 Å². The van der Waals surface area contributed by atoms with Gasteiger partial charge in [-0.2, -0.15) is 0 Å². The Balaban J connectivity index is 2.34. The van der Waals surface area contributed by atoms with Gasteiger partial charge in [-0.15, -0.1) is 0 Å². The first-order valence-corrected chi connectivity index (χ1v) is 3.87. The summed E-state index contributed by atoms with van der Waals surface area (Å²) in [6.45, 7) is 1.37. The summed E-state index contributed by atoms with van der Waals surface area (Å²) >= 11 is 0. The van der Waals surface area contributed by atoms with Crippen LogP contribution in [0.25, 0.3) is 0 Å². The number of hydrogen-bond donors (Lipinski definition) is 0. The molecule has 3 nitrogen and oxygen atoms in total. The Hall–Kier alpha value is -0.860. The molecule has 0 saturated heterocycles. The Kier molecular flexibility index (Phi) is 2.63. The number of esters is 1. The lowest BCUT2D eigenvalue weighted by Crippen LogP contribution is -2.24. The van der Waals surface area contributed by atoms with Gasteiger partial charge in [0.25, 0.3) is 0 Å². The molecule has 0 amide bonds. The highest BCUT2D eigenvalue weighted by Crippen LogP contribution is 2.17. The summed E-state index contributed by atoms with van der Waals surface area (Å²) < 4.78 is 4.90. The van der Waals surface area contributed by atoms with E-state index in [0.717, 1.165) is 12.8 Å². The standard InChI is InChI=1S/C8H12O3/c1-6(9)11-8-4-2-3-7(10)5-8/h8H,2-5H2,1H3/t8-/m0/s1. The number of ether oxygens (including phenoxy) is 1. The maximum atomic E-state index is 10.9. The third-order valence-corrected chi connectivity index (χ3v) is 1.77. The van der Waals surface area contributed by atoms with Crippen molar-refractivity contribution in [2.24, 2.45) is 0 Å². The van der Waals surface area contributed by atoms with E-state index in [4.69, 9.17) is 4.74 Å². The van der Waals surface area contributed by atoms with Crippen molar-refractivity contribution in [3.8, 4) is 0 Å². The van der Waals surface area contributed by atoms with E-state index in [1.165, 1.54) is 6.92 Å². The number of Topliss-reactive ketones (excluding diaryl/α,β-unsaturated/α-hetero) is 1. The van der Waals surface area contributed by atoms with Gasteiger partial charge in [-0.25, -0.2) is 0 Å². The second-order valence-corrected chi connectivity index (χ2v) is 2.87. The summed E-state index contributed by atoms with van der Waals surface area (Å²) in [4.78, 5) is 21.3. The van der Waals surface area contributed by atoms with Gasteiger partial charge in [-0.3, -0.25) is 9.59 Å². The van der Waals surface area contributed by atoms with E-state index < -0.39 is 0 Å². The summed E-state index contributed by atoms with van der Waals surface area (Å²) in [7, 11) is 0. The van der Waals surface area contributed by atoms with Crippen molar-refractivity contribution in [1.82, 2.24) is 0 Å². The lowest BCUT2D eigenvalue weighted by atomic mass is 9.96. The Bertz CT molecular complexity index is 172. The van der Waals surface area contributed by atoms with Crippen molar-refractivity contribution in [3.63, 3.8) is 0 Å². The fourth-order valence-corrected chi connectivity index (χ4v) is 1.32. The third kappa shape index (κ3) is 2.70. The van der Waals surface area contributed by atoms with Crippen LogP contribution in [0.4, 0.5) is 0 Å². The SMILES string of the molecule is CC(=O)O[C@H]1CCCC(=O)C1. The molecule has 0 unspecified atom stereocenters. The van der Waals surface area contributed by atoms with Crippen LogP contribution in [-0.4, -0.2) is 17.9 Å². The highest BCUT2D eigenvalue weighted by Gasteiger charge is 2.21. The van der Waals surface area contributed by atoms with E-state index in [-0.39, 0.29) is 17.9 Å². The molecule has 1 rings (SSSR count). The lowest BCUT2D eigenvalue weighted by molar-refractivity contribution is -0.149. The van der Waals surface area contributed by atoms with E-state index in [2.05, 4.69) is 0 Å². The molecule has 1 saturated carbocycles. The molecule has 0 radical (unpaired) electrons. The molecule has 0 N–H and O–H groups in total. The first-order valence-electron chi connectivity index (χ1n) is 3.87. The number of carbonyl (C=O) groups is 2. The van der Waals surface area contributed by atoms with Crippen LogP contribution in [0.2, 0.25) is 0 Å². The summed E-state index contributed by atoms with van der Waals surface area (Å²) in [5, 5.41) is 0. The van der Waals surface area contributed by atoms with Crippen LogP contribution in [0.3, 0.4) is 0 Å². The van der Waals surface area contributed by atoms with Crippen molar-refractivity contribution in [2.75, 3.05) is 0 Å². The van der Waals surface area contributed by atoms with Crippen LogP contribution in [0, 0.1) is 0 Å². The van der Waals surface area contributed by atoms with Crippen LogP contribution in [-0.2, 0) is 14.3 Å². The van der Waals surface area contributed by atoms with Crippen molar-refractivity contribution >= 4 is 11.8 Å². The third-order valence-electron chi connectivity index (χ3n) is 1.77. The lowest BCUT2D eigenvalue weighted by Gasteiger charge is -2.19. The maximum Gasteiger partial charge on any atom is 0.302 e. The Morgan fingerprint density at radius 1 is 1.64 bits per heavy atom. The molecule has 62 valence electrons. The van der Waals surface area contributed by atoms with Gasteiger partial charge in [-0.1, -0.05) is 0 Å². The Labute approximate surface area is 65.7 Å². The average Bonchev–Trinajstić information content (AvgIpc) is 1.85. The molecule has 1 aliphatic rings. The quantitative estimate of drug-likeness (QED) is 0.533. The van der Waals surface area contributed by atoms with Crippen LogP contribution in [0.5, 0.6) is 0 Å². The molecular formula is C8H12O3. The Morgan fingerprint density at radius 3 is 2.91 bits per heavy atom. The molecule has 0 spiro atoms. The zero-order chi connectivity index (χ0) is 8.27. The number of ketones is 1. The summed E-state index contributed by atoms with van der Waals surface area (Å²) in [5.41, 5.74) is 0. The van der Waals surface area contributed by atoms with E-state index in [1.807, 2.05) is 0 Å². The fourth-order valence-electron chi connectivity index (χ4n) is 1.32. The predicted octanol–water partition coefficient (Wildman–Crippen LogP) is 1.06. The van der Waals surface area contributed by atoms with Gasteiger partial charge in [0.2, 0.25) is 0 Å². The van der Waals surface area contributed by atoms with Gasteiger partial charge in [0.05, 0.1) is 0 Å². The smallest absolute Gasteiger partial charge is 0.302 e. The summed E-state index contributed by atoms with van der Waals surface area (Å²) in [6.07, 6.45) is 2.62. The van der Waals surface area contributed by atoms with Crippen LogP contribution in [0.15, 0.2) is 0 Å². The normalized spacial score (nSPS) is 24.8. The van der Waals surface area contributed by atoms with Gasteiger partial charge in [-0.05, 0) is 12.8 Å². The van der Waals surface area contributed by atoms with Crippen molar-refractivity contribution in [1.29, 1.82) is 0 Å². The molecule has 0 aliphatic heterocycles.